The lowest BCUT2D eigenvalue weighted by Crippen LogP contribution is -2.15. The molecular weight excluding hydrogens is 268 g/mol. The zero-order valence-corrected chi connectivity index (χ0v) is 10.1. The van der Waals surface area contributed by atoms with Crippen LogP contribution < -0.4 is 11.5 Å². The van der Waals surface area contributed by atoms with Gasteiger partial charge in [0, 0.05) is 22.4 Å². The number of anilines is 1. The predicted molar refractivity (Wildman–Crippen MR) is 66.6 cm³/mol. The second-order valence-corrected chi connectivity index (χ2v) is 4.27. The summed E-state index contributed by atoms with van der Waals surface area (Å²) in [6.45, 7) is 0. The molecule has 0 saturated carbocycles. The van der Waals surface area contributed by atoms with Gasteiger partial charge >= 0.3 is 0 Å². The standard InChI is InChI=1S/C11H11BrN4/c12-7-3-4-9(16-6-7)10(13)8-2-1-5-15-11(8)14/h1-6,10H,13H2,(H2,14,15). The Morgan fingerprint density at radius 3 is 2.62 bits per heavy atom. The van der Waals surface area contributed by atoms with Gasteiger partial charge in [-0.15, -0.1) is 0 Å². The summed E-state index contributed by atoms with van der Waals surface area (Å²) in [4.78, 5) is 8.24. The van der Waals surface area contributed by atoms with Crippen molar-refractivity contribution in [2.75, 3.05) is 5.73 Å². The van der Waals surface area contributed by atoms with E-state index in [0.29, 0.717) is 5.82 Å². The highest BCUT2D eigenvalue weighted by atomic mass is 79.9. The molecule has 82 valence electrons. The highest BCUT2D eigenvalue weighted by Gasteiger charge is 2.13. The molecule has 4 nitrogen and oxygen atoms in total. The van der Waals surface area contributed by atoms with Crippen LogP contribution in [0.2, 0.25) is 0 Å². The van der Waals surface area contributed by atoms with Gasteiger partial charge in [-0.05, 0) is 34.1 Å². The molecule has 1 unspecified atom stereocenters. The molecule has 0 saturated heterocycles. The molecular formula is C11H11BrN4. The lowest BCUT2D eigenvalue weighted by molar-refractivity contribution is 0.825. The maximum atomic E-state index is 6.07. The minimum absolute atomic E-state index is 0.346. The summed E-state index contributed by atoms with van der Waals surface area (Å²) in [5, 5.41) is 0. The van der Waals surface area contributed by atoms with Crippen LogP contribution in [0.3, 0.4) is 0 Å². The van der Waals surface area contributed by atoms with Crippen molar-refractivity contribution in [3.05, 3.63) is 52.4 Å². The monoisotopic (exact) mass is 278 g/mol. The molecule has 4 N–H and O–H groups in total. The first-order valence-corrected chi connectivity index (χ1v) is 5.55. The van der Waals surface area contributed by atoms with Gasteiger partial charge < -0.3 is 11.5 Å². The van der Waals surface area contributed by atoms with Gasteiger partial charge in [0.2, 0.25) is 0 Å². The number of rotatable bonds is 2. The molecule has 16 heavy (non-hydrogen) atoms. The summed E-state index contributed by atoms with van der Waals surface area (Å²) in [5.41, 5.74) is 13.4. The Morgan fingerprint density at radius 1 is 1.19 bits per heavy atom. The van der Waals surface area contributed by atoms with E-state index in [-0.39, 0.29) is 6.04 Å². The second kappa shape index (κ2) is 4.59. The van der Waals surface area contributed by atoms with E-state index in [9.17, 15) is 0 Å². The van der Waals surface area contributed by atoms with Gasteiger partial charge in [0.05, 0.1) is 11.7 Å². The fourth-order valence-electron chi connectivity index (χ4n) is 1.42. The number of nitrogens with zero attached hydrogens (tertiary/aromatic N) is 2. The Kier molecular flexibility index (Phi) is 3.17. The van der Waals surface area contributed by atoms with Crippen molar-refractivity contribution < 1.29 is 0 Å². The number of aromatic nitrogens is 2. The average molecular weight is 279 g/mol. The lowest BCUT2D eigenvalue weighted by Gasteiger charge is -2.12. The van der Waals surface area contributed by atoms with Crippen LogP contribution in [0, 0.1) is 0 Å². The molecule has 0 aromatic carbocycles. The molecule has 5 heteroatoms. The van der Waals surface area contributed by atoms with Crippen molar-refractivity contribution in [2.24, 2.45) is 5.73 Å². The van der Waals surface area contributed by atoms with Gasteiger partial charge in [-0.3, -0.25) is 4.98 Å². The van der Waals surface area contributed by atoms with E-state index < -0.39 is 0 Å². The van der Waals surface area contributed by atoms with E-state index >= 15 is 0 Å². The summed E-state index contributed by atoms with van der Waals surface area (Å²) < 4.78 is 0.919. The minimum atomic E-state index is -0.346. The molecule has 1 atom stereocenters. The van der Waals surface area contributed by atoms with Gasteiger partial charge in [0.1, 0.15) is 5.82 Å². The molecule has 2 aromatic heterocycles. The van der Waals surface area contributed by atoms with Gasteiger partial charge in [0.15, 0.2) is 0 Å². The predicted octanol–water partition coefficient (Wildman–Crippen LogP) is 1.87. The summed E-state index contributed by atoms with van der Waals surface area (Å²) in [6, 6.07) is 7.08. The maximum absolute atomic E-state index is 6.07. The summed E-state index contributed by atoms with van der Waals surface area (Å²) >= 11 is 3.32. The Morgan fingerprint density at radius 2 is 2.00 bits per heavy atom. The van der Waals surface area contributed by atoms with Crippen molar-refractivity contribution in [3.8, 4) is 0 Å². The van der Waals surface area contributed by atoms with Crippen LogP contribution in [0.4, 0.5) is 5.82 Å². The highest BCUT2D eigenvalue weighted by Crippen LogP contribution is 2.22. The quantitative estimate of drug-likeness (QED) is 0.879. The van der Waals surface area contributed by atoms with Crippen molar-refractivity contribution >= 4 is 21.7 Å². The molecule has 0 amide bonds. The topological polar surface area (TPSA) is 77.8 Å². The minimum Gasteiger partial charge on any atom is -0.383 e. The van der Waals surface area contributed by atoms with Crippen molar-refractivity contribution in [1.29, 1.82) is 0 Å². The summed E-state index contributed by atoms with van der Waals surface area (Å²) in [6.07, 6.45) is 3.35. The molecule has 0 aliphatic rings. The number of halogens is 1. The maximum Gasteiger partial charge on any atom is 0.128 e. The molecule has 0 spiro atoms. The van der Waals surface area contributed by atoms with Crippen LogP contribution in [0.25, 0.3) is 0 Å². The van der Waals surface area contributed by atoms with E-state index in [4.69, 9.17) is 11.5 Å². The van der Waals surface area contributed by atoms with Crippen LogP contribution in [0.5, 0.6) is 0 Å². The third-order valence-electron chi connectivity index (χ3n) is 2.28. The van der Waals surface area contributed by atoms with Crippen LogP contribution >= 0.6 is 15.9 Å². The fraction of sp³-hybridized carbons (Fsp3) is 0.0909. The molecule has 0 radical (unpaired) electrons. The number of nitrogen functional groups attached to an aromatic ring is 1. The van der Waals surface area contributed by atoms with Crippen molar-refractivity contribution in [2.45, 2.75) is 6.04 Å². The fourth-order valence-corrected chi connectivity index (χ4v) is 1.66. The van der Waals surface area contributed by atoms with Crippen LogP contribution in [-0.4, -0.2) is 9.97 Å². The summed E-state index contributed by atoms with van der Waals surface area (Å²) in [7, 11) is 0. The van der Waals surface area contributed by atoms with Crippen molar-refractivity contribution in [3.63, 3.8) is 0 Å². The normalized spacial score (nSPS) is 12.4. The van der Waals surface area contributed by atoms with Gasteiger partial charge in [0.25, 0.3) is 0 Å². The Hall–Kier alpha value is -1.46. The highest BCUT2D eigenvalue weighted by molar-refractivity contribution is 9.10. The molecule has 0 aliphatic heterocycles. The van der Waals surface area contributed by atoms with E-state index in [2.05, 4.69) is 25.9 Å². The molecule has 2 rings (SSSR count). The Labute approximate surface area is 102 Å². The van der Waals surface area contributed by atoms with Gasteiger partial charge in [-0.1, -0.05) is 6.07 Å². The third-order valence-corrected chi connectivity index (χ3v) is 2.74. The first kappa shape index (κ1) is 11.0. The Balaban J connectivity index is 2.35. The first-order valence-electron chi connectivity index (χ1n) is 4.76. The number of nitrogens with two attached hydrogens (primary N) is 2. The largest absolute Gasteiger partial charge is 0.383 e. The molecule has 2 heterocycles. The van der Waals surface area contributed by atoms with E-state index in [1.54, 1.807) is 12.4 Å². The Bertz CT molecular complexity index is 484. The summed E-state index contributed by atoms with van der Waals surface area (Å²) in [5.74, 6) is 0.444. The second-order valence-electron chi connectivity index (χ2n) is 3.36. The SMILES string of the molecule is Nc1ncccc1C(N)c1ccc(Br)cn1. The average Bonchev–Trinajstić information content (AvgIpc) is 2.30. The molecule has 2 aromatic rings. The van der Waals surface area contributed by atoms with E-state index in [1.165, 1.54) is 0 Å². The van der Waals surface area contributed by atoms with Gasteiger partial charge in [-0.25, -0.2) is 4.98 Å². The smallest absolute Gasteiger partial charge is 0.128 e. The van der Waals surface area contributed by atoms with Gasteiger partial charge in [-0.2, -0.15) is 0 Å². The molecule has 0 aliphatic carbocycles. The zero-order valence-electron chi connectivity index (χ0n) is 8.47. The van der Waals surface area contributed by atoms with Crippen LogP contribution in [-0.2, 0) is 0 Å². The molecule has 0 fully saturated rings. The van der Waals surface area contributed by atoms with Crippen molar-refractivity contribution in [1.82, 2.24) is 9.97 Å². The van der Waals surface area contributed by atoms with Crippen LogP contribution in [0.15, 0.2) is 41.1 Å². The molecule has 0 bridgehead atoms. The van der Waals surface area contributed by atoms with E-state index in [1.807, 2.05) is 24.3 Å². The zero-order chi connectivity index (χ0) is 11.5. The van der Waals surface area contributed by atoms with Crippen LogP contribution in [0.1, 0.15) is 17.3 Å². The first-order chi connectivity index (χ1) is 7.68. The third kappa shape index (κ3) is 2.20. The number of hydrogen-bond donors (Lipinski definition) is 2. The number of hydrogen-bond acceptors (Lipinski definition) is 4. The number of pyridine rings is 2. The lowest BCUT2D eigenvalue weighted by atomic mass is 10.1. The van der Waals surface area contributed by atoms with E-state index in [0.717, 1.165) is 15.7 Å².